The van der Waals surface area contributed by atoms with Crippen LogP contribution in [0.15, 0.2) is 22.6 Å². The number of hydrogen-bond donors (Lipinski definition) is 0. The van der Waals surface area contributed by atoms with Crippen LogP contribution in [0, 0.1) is 5.82 Å². The van der Waals surface area contributed by atoms with Gasteiger partial charge in [0.05, 0.1) is 5.02 Å². The Kier molecular flexibility index (Phi) is 5.10. The average Bonchev–Trinajstić information content (AvgIpc) is 2.26. The third kappa shape index (κ3) is 4.36. The van der Waals surface area contributed by atoms with E-state index < -0.39 is 44.4 Å². The smallest absolute Gasteiger partial charge is 0.438 e. The Labute approximate surface area is 122 Å². The normalized spacial score (nSPS) is 15.3. The molecule has 0 aliphatic carbocycles. The highest BCUT2D eigenvalue weighted by Crippen LogP contribution is 2.28. The minimum absolute atomic E-state index is 0.429. The molecule has 0 aliphatic rings. The van der Waals surface area contributed by atoms with Gasteiger partial charge in [-0.05, 0) is 39.0 Å². The topological polar surface area (TPSA) is 35.4 Å². The second kappa shape index (κ2) is 5.91. The van der Waals surface area contributed by atoms with Gasteiger partial charge >= 0.3 is 6.18 Å². The Bertz CT molecular complexity index is 525. The molecule has 0 saturated heterocycles. The van der Waals surface area contributed by atoms with Gasteiger partial charge in [0.2, 0.25) is 5.71 Å². The molecule has 0 heterocycles. The van der Waals surface area contributed by atoms with Crippen molar-refractivity contribution in [3.8, 4) is 0 Å². The van der Waals surface area contributed by atoms with Crippen LogP contribution in [0.2, 0.25) is 5.02 Å². The zero-order valence-corrected chi connectivity index (χ0v) is 12.5. The number of alkyl halides is 3. The van der Waals surface area contributed by atoms with Gasteiger partial charge < -0.3 is 4.55 Å². The van der Waals surface area contributed by atoms with E-state index in [1.165, 1.54) is 20.8 Å². The van der Waals surface area contributed by atoms with Crippen LogP contribution >= 0.6 is 11.6 Å². The fraction of sp³-hybridized carbons (Fsp3) is 0.417. The zero-order chi connectivity index (χ0) is 15.7. The Hall–Kier alpha value is -0.790. The van der Waals surface area contributed by atoms with E-state index in [1.807, 2.05) is 0 Å². The molecule has 112 valence electrons. The Balaban J connectivity index is 3.34. The molecule has 0 fully saturated rings. The summed E-state index contributed by atoms with van der Waals surface area (Å²) in [5.41, 5.74) is -1.77. The molecule has 0 aliphatic heterocycles. The number of benzene rings is 1. The van der Waals surface area contributed by atoms with Gasteiger partial charge in [0.25, 0.3) is 0 Å². The summed E-state index contributed by atoms with van der Waals surface area (Å²) in [6.45, 7) is 4.49. The van der Waals surface area contributed by atoms with E-state index in [9.17, 15) is 22.1 Å². The van der Waals surface area contributed by atoms with Gasteiger partial charge in [0.15, 0.2) is 0 Å². The third-order valence-corrected chi connectivity index (χ3v) is 3.85. The lowest BCUT2D eigenvalue weighted by molar-refractivity contribution is -0.0578. The summed E-state index contributed by atoms with van der Waals surface area (Å²) < 4.78 is 66.0. The molecular weight excluding hydrogens is 318 g/mol. The fourth-order valence-corrected chi connectivity index (χ4v) is 1.96. The molecule has 0 amide bonds. The second-order valence-corrected chi connectivity index (χ2v) is 7.24. The summed E-state index contributed by atoms with van der Waals surface area (Å²) in [7, 11) is 0. The van der Waals surface area contributed by atoms with Crippen molar-refractivity contribution in [2.75, 3.05) is 0 Å². The molecule has 1 aromatic carbocycles. The third-order valence-electron chi connectivity index (χ3n) is 2.16. The number of hydrogen-bond acceptors (Lipinski definition) is 2. The highest BCUT2D eigenvalue weighted by molar-refractivity contribution is 7.91. The first-order valence-electron chi connectivity index (χ1n) is 5.46. The summed E-state index contributed by atoms with van der Waals surface area (Å²) in [5.74, 6) is -0.839. The molecule has 0 radical (unpaired) electrons. The molecule has 0 aromatic heterocycles. The van der Waals surface area contributed by atoms with Crippen LogP contribution in [-0.2, 0) is 11.4 Å². The highest BCUT2D eigenvalue weighted by atomic mass is 35.5. The first-order chi connectivity index (χ1) is 8.93. The maximum atomic E-state index is 13.0. The van der Waals surface area contributed by atoms with Crippen molar-refractivity contribution in [3.63, 3.8) is 0 Å². The maximum Gasteiger partial charge on any atom is 0.438 e. The minimum Gasteiger partial charge on any atom is -0.591 e. The summed E-state index contributed by atoms with van der Waals surface area (Å²) in [4.78, 5) is 0. The van der Waals surface area contributed by atoms with Crippen LogP contribution in [0.25, 0.3) is 0 Å². The molecule has 2 nitrogen and oxygen atoms in total. The lowest BCUT2D eigenvalue weighted by Gasteiger charge is -2.20. The van der Waals surface area contributed by atoms with Crippen LogP contribution in [0.3, 0.4) is 0 Å². The molecule has 20 heavy (non-hydrogen) atoms. The summed E-state index contributed by atoms with van der Waals surface area (Å²) in [6, 6.07) is 2.51. The van der Waals surface area contributed by atoms with Gasteiger partial charge in [-0.2, -0.15) is 13.2 Å². The highest BCUT2D eigenvalue weighted by Gasteiger charge is 2.41. The molecule has 1 rings (SSSR count). The minimum atomic E-state index is -4.82. The van der Waals surface area contributed by atoms with E-state index in [2.05, 4.69) is 4.40 Å². The molecule has 0 N–H and O–H groups in total. The van der Waals surface area contributed by atoms with Crippen LogP contribution in [-0.4, -0.2) is 21.2 Å². The molecule has 8 heteroatoms. The molecule has 0 spiro atoms. The van der Waals surface area contributed by atoms with Gasteiger partial charge in [-0.3, -0.25) is 0 Å². The zero-order valence-electron chi connectivity index (χ0n) is 10.9. The predicted molar refractivity (Wildman–Crippen MR) is 71.9 cm³/mol. The van der Waals surface area contributed by atoms with Gasteiger partial charge in [0, 0.05) is 5.56 Å². The van der Waals surface area contributed by atoms with E-state index in [4.69, 9.17) is 11.6 Å². The number of nitrogens with zero attached hydrogens (tertiary/aromatic N) is 1. The summed E-state index contributed by atoms with van der Waals surface area (Å²) in [5, 5.41) is -0.457. The van der Waals surface area contributed by atoms with Crippen LogP contribution in [0.4, 0.5) is 17.6 Å². The Morgan fingerprint density at radius 1 is 1.25 bits per heavy atom. The molecule has 1 unspecified atom stereocenters. The number of rotatable bonds is 2. The lowest BCUT2D eigenvalue weighted by Crippen LogP contribution is -2.31. The quantitative estimate of drug-likeness (QED) is 0.453. The van der Waals surface area contributed by atoms with Crippen molar-refractivity contribution in [1.82, 2.24) is 0 Å². The Morgan fingerprint density at radius 3 is 2.20 bits per heavy atom. The molecule has 1 atom stereocenters. The summed E-state index contributed by atoms with van der Waals surface area (Å²) >= 11 is 3.37. The van der Waals surface area contributed by atoms with Gasteiger partial charge in [-0.1, -0.05) is 16.0 Å². The largest absolute Gasteiger partial charge is 0.591 e. The first kappa shape index (κ1) is 17.3. The SMILES string of the molecule is CC(C)(C)[S+]([O-])N=C(c1ccc(F)c(Cl)c1)C(F)(F)F. The molecular formula is C12H12ClF4NOS. The second-order valence-electron chi connectivity index (χ2n) is 4.93. The monoisotopic (exact) mass is 329 g/mol. The fourth-order valence-electron chi connectivity index (χ4n) is 1.13. The van der Waals surface area contributed by atoms with Crippen molar-refractivity contribution in [2.45, 2.75) is 31.7 Å². The number of halogens is 5. The van der Waals surface area contributed by atoms with Crippen molar-refractivity contribution in [1.29, 1.82) is 0 Å². The van der Waals surface area contributed by atoms with Gasteiger partial charge in [0.1, 0.15) is 21.9 Å². The average molecular weight is 330 g/mol. The van der Waals surface area contributed by atoms with E-state index in [0.717, 1.165) is 18.2 Å². The predicted octanol–water partition coefficient (Wildman–Crippen LogP) is 4.29. The van der Waals surface area contributed by atoms with Crippen molar-refractivity contribution >= 4 is 28.7 Å². The molecule has 1 aromatic rings. The van der Waals surface area contributed by atoms with E-state index >= 15 is 0 Å². The van der Waals surface area contributed by atoms with E-state index in [1.54, 1.807) is 0 Å². The first-order valence-corrected chi connectivity index (χ1v) is 6.94. The van der Waals surface area contributed by atoms with E-state index in [0.29, 0.717) is 0 Å². The Morgan fingerprint density at radius 2 is 1.80 bits per heavy atom. The van der Waals surface area contributed by atoms with Crippen molar-refractivity contribution in [3.05, 3.63) is 34.6 Å². The van der Waals surface area contributed by atoms with Crippen LogP contribution < -0.4 is 0 Å². The summed E-state index contributed by atoms with van der Waals surface area (Å²) in [6.07, 6.45) is -4.82. The van der Waals surface area contributed by atoms with Gasteiger partial charge in [-0.15, -0.1) is 0 Å². The van der Waals surface area contributed by atoms with Crippen LogP contribution in [0.1, 0.15) is 26.3 Å². The standard InChI is InChI=1S/C12H12ClF4NOS/c1-11(2,3)20(19)18-10(12(15,16)17)7-4-5-9(14)8(13)6-7/h4-6H,1-3H3. The molecule has 0 bridgehead atoms. The van der Waals surface area contributed by atoms with Gasteiger partial charge in [-0.25, -0.2) is 4.39 Å². The van der Waals surface area contributed by atoms with Crippen molar-refractivity contribution in [2.24, 2.45) is 4.40 Å². The molecule has 0 saturated carbocycles. The van der Waals surface area contributed by atoms with E-state index in [-0.39, 0.29) is 0 Å². The van der Waals surface area contributed by atoms with Crippen molar-refractivity contribution < 1.29 is 22.1 Å². The maximum absolute atomic E-state index is 13.0. The lowest BCUT2D eigenvalue weighted by atomic mass is 10.1. The van der Waals surface area contributed by atoms with Crippen LogP contribution in [0.5, 0.6) is 0 Å².